The van der Waals surface area contributed by atoms with Gasteiger partial charge in [0.2, 0.25) is 6.29 Å². The lowest BCUT2D eigenvalue weighted by Crippen LogP contribution is -2.35. The molecular formula is C10H8O6. The van der Waals surface area contributed by atoms with E-state index in [0.717, 1.165) is 0 Å². The average Bonchev–Trinajstić information content (AvgIpc) is 2.35. The zero-order chi connectivity index (χ0) is 11.7. The lowest BCUT2D eigenvalue weighted by molar-refractivity contribution is -0.208. The number of esters is 2. The first-order valence-electron chi connectivity index (χ1n) is 4.46. The summed E-state index contributed by atoms with van der Waals surface area (Å²) in [6.07, 6.45) is -3.80. The van der Waals surface area contributed by atoms with Crippen molar-refractivity contribution in [2.75, 3.05) is 0 Å². The van der Waals surface area contributed by atoms with E-state index in [4.69, 9.17) is 10.2 Å². The maximum absolute atomic E-state index is 11.4. The van der Waals surface area contributed by atoms with Gasteiger partial charge < -0.3 is 19.7 Å². The molecule has 0 saturated heterocycles. The minimum absolute atomic E-state index is 0.202. The Labute approximate surface area is 90.0 Å². The third-order valence-electron chi connectivity index (χ3n) is 2.05. The molecule has 2 aliphatic rings. The van der Waals surface area contributed by atoms with Crippen LogP contribution in [0.4, 0.5) is 0 Å². The molecule has 0 saturated carbocycles. The number of rotatable bonds is 1. The van der Waals surface area contributed by atoms with E-state index in [2.05, 4.69) is 9.47 Å². The molecule has 16 heavy (non-hydrogen) atoms. The fourth-order valence-electron chi connectivity index (χ4n) is 1.24. The third-order valence-corrected chi connectivity index (χ3v) is 2.05. The number of hydrogen-bond donors (Lipinski definition) is 2. The molecule has 2 aliphatic heterocycles. The number of ether oxygens (including phenoxy) is 2. The monoisotopic (exact) mass is 224 g/mol. The first-order valence-corrected chi connectivity index (χ1v) is 4.46. The Morgan fingerprint density at radius 3 is 1.62 bits per heavy atom. The molecule has 1 aromatic carbocycles. The van der Waals surface area contributed by atoms with Gasteiger partial charge in [0.15, 0.2) is 0 Å². The molecule has 2 heterocycles. The highest BCUT2D eigenvalue weighted by Gasteiger charge is 2.28. The molecule has 2 bridgehead atoms. The van der Waals surface area contributed by atoms with E-state index >= 15 is 0 Å². The molecule has 0 atom stereocenters. The molecule has 6 heteroatoms. The van der Waals surface area contributed by atoms with Crippen molar-refractivity contribution in [3.63, 3.8) is 0 Å². The van der Waals surface area contributed by atoms with E-state index in [1.807, 2.05) is 0 Å². The summed E-state index contributed by atoms with van der Waals surface area (Å²) in [6.45, 7) is 0. The number of carbonyl (C=O) groups is 2. The van der Waals surface area contributed by atoms with Gasteiger partial charge >= 0.3 is 11.9 Å². The Morgan fingerprint density at radius 2 is 1.31 bits per heavy atom. The number of carbonyl (C=O) groups excluding carboxylic acids is 2. The van der Waals surface area contributed by atoms with Gasteiger partial charge in [0.25, 0.3) is 6.29 Å². The van der Waals surface area contributed by atoms with Gasteiger partial charge in [-0.05, 0) is 24.3 Å². The molecule has 0 radical (unpaired) electrons. The van der Waals surface area contributed by atoms with Crippen molar-refractivity contribution >= 4 is 11.9 Å². The van der Waals surface area contributed by atoms with Gasteiger partial charge in [-0.15, -0.1) is 0 Å². The Balaban J connectivity index is 2.38. The van der Waals surface area contributed by atoms with Crippen molar-refractivity contribution in [2.45, 2.75) is 12.6 Å². The van der Waals surface area contributed by atoms with Crippen molar-refractivity contribution in [3.8, 4) is 0 Å². The smallest absolute Gasteiger partial charge is 0.341 e. The van der Waals surface area contributed by atoms with Crippen LogP contribution in [0.1, 0.15) is 20.7 Å². The molecule has 2 N–H and O–H groups in total. The standard InChI is InChI=1S/C10H8O6/c11-7(12)10-15-8(13)5-1-2-6(4-3-5)9(14)16-10/h1-4,7,10-12H. The van der Waals surface area contributed by atoms with Gasteiger partial charge in [-0.1, -0.05) is 0 Å². The van der Waals surface area contributed by atoms with Gasteiger partial charge in [-0.3, -0.25) is 0 Å². The van der Waals surface area contributed by atoms with Crippen LogP contribution in [0.2, 0.25) is 0 Å². The second-order valence-electron chi connectivity index (χ2n) is 3.17. The van der Waals surface area contributed by atoms with E-state index in [-0.39, 0.29) is 11.1 Å². The Morgan fingerprint density at radius 1 is 0.938 bits per heavy atom. The van der Waals surface area contributed by atoms with Crippen LogP contribution in [0.3, 0.4) is 0 Å². The number of hydrogen-bond acceptors (Lipinski definition) is 6. The summed E-state index contributed by atoms with van der Waals surface area (Å²) in [7, 11) is 0. The van der Waals surface area contributed by atoms with Crippen molar-refractivity contribution in [3.05, 3.63) is 35.4 Å². The van der Waals surface area contributed by atoms with E-state index in [1.165, 1.54) is 24.3 Å². The van der Waals surface area contributed by atoms with Crippen molar-refractivity contribution in [1.29, 1.82) is 0 Å². The maximum Gasteiger partial charge on any atom is 0.341 e. The molecule has 84 valence electrons. The number of fused-ring (bicyclic) bond motifs is 6. The highest BCUT2D eigenvalue weighted by atomic mass is 16.7. The summed E-state index contributed by atoms with van der Waals surface area (Å²) in [6, 6.07) is 5.58. The fourth-order valence-corrected chi connectivity index (χ4v) is 1.24. The number of benzene rings is 1. The molecule has 0 aliphatic carbocycles. The molecule has 6 nitrogen and oxygen atoms in total. The number of aliphatic hydroxyl groups is 2. The molecule has 0 aromatic heterocycles. The van der Waals surface area contributed by atoms with Gasteiger partial charge in [-0.2, -0.15) is 0 Å². The highest BCUT2D eigenvalue weighted by molar-refractivity contribution is 5.94. The quantitative estimate of drug-likeness (QED) is 0.500. The summed E-state index contributed by atoms with van der Waals surface area (Å²) in [5.41, 5.74) is 0.403. The SMILES string of the molecule is O=C1OC(C(O)O)OC(=O)c2ccc1cc2. The largest absolute Gasteiger partial charge is 0.416 e. The van der Waals surface area contributed by atoms with Gasteiger partial charge in [0.05, 0.1) is 11.1 Å². The molecule has 1 aromatic rings. The summed E-state index contributed by atoms with van der Waals surface area (Å²) in [4.78, 5) is 22.8. The third kappa shape index (κ3) is 1.88. The highest BCUT2D eigenvalue weighted by Crippen LogP contribution is 2.15. The lowest BCUT2D eigenvalue weighted by atomic mass is 10.1. The van der Waals surface area contributed by atoms with Crippen LogP contribution in [0.25, 0.3) is 0 Å². The minimum Gasteiger partial charge on any atom is -0.416 e. The van der Waals surface area contributed by atoms with E-state index in [0.29, 0.717) is 0 Å². The van der Waals surface area contributed by atoms with Crippen LogP contribution >= 0.6 is 0 Å². The topological polar surface area (TPSA) is 93.1 Å². The second-order valence-corrected chi connectivity index (χ2v) is 3.17. The predicted molar refractivity (Wildman–Crippen MR) is 49.3 cm³/mol. The van der Waals surface area contributed by atoms with Gasteiger partial charge in [0, 0.05) is 0 Å². The summed E-state index contributed by atoms with van der Waals surface area (Å²) in [5, 5.41) is 17.7. The van der Waals surface area contributed by atoms with Gasteiger partial charge in [0.1, 0.15) is 0 Å². The molecule has 3 rings (SSSR count). The maximum atomic E-state index is 11.4. The van der Waals surface area contributed by atoms with E-state index < -0.39 is 24.5 Å². The summed E-state index contributed by atoms with van der Waals surface area (Å²) < 4.78 is 9.20. The zero-order valence-electron chi connectivity index (χ0n) is 7.99. The minimum atomic E-state index is -2.08. The van der Waals surface area contributed by atoms with Crippen LogP contribution < -0.4 is 0 Å². The molecular weight excluding hydrogens is 216 g/mol. The van der Waals surface area contributed by atoms with Crippen molar-refractivity contribution < 1.29 is 29.3 Å². The zero-order valence-corrected chi connectivity index (χ0v) is 7.99. The molecule has 0 amide bonds. The van der Waals surface area contributed by atoms with Crippen molar-refractivity contribution in [2.24, 2.45) is 0 Å². The van der Waals surface area contributed by atoms with E-state index in [9.17, 15) is 9.59 Å². The molecule has 0 fully saturated rings. The Hall–Kier alpha value is -1.92. The Bertz CT molecular complexity index is 384. The molecule has 0 unspecified atom stereocenters. The lowest BCUT2D eigenvalue weighted by Gasteiger charge is -2.18. The molecule has 0 spiro atoms. The van der Waals surface area contributed by atoms with Crippen LogP contribution in [0.15, 0.2) is 24.3 Å². The van der Waals surface area contributed by atoms with Crippen molar-refractivity contribution in [1.82, 2.24) is 0 Å². The van der Waals surface area contributed by atoms with Crippen LogP contribution in [0, 0.1) is 0 Å². The average molecular weight is 224 g/mol. The first kappa shape index (κ1) is 10.6. The van der Waals surface area contributed by atoms with Crippen LogP contribution in [0.5, 0.6) is 0 Å². The summed E-state index contributed by atoms with van der Waals surface area (Å²) >= 11 is 0. The van der Waals surface area contributed by atoms with Crippen LogP contribution in [-0.4, -0.2) is 34.7 Å². The fraction of sp³-hybridized carbons (Fsp3) is 0.200. The second kappa shape index (κ2) is 3.92. The number of aliphatic hydroxyl groups excluding tert-OH is 1. The van der Waals surface area contributed by atoms with E-state index in [1.54, 1.807) is 0 Å². The summed E-state index contributed by atoms with van der Waals surface area (Å²) in [5.74, 6) is -1.58. The predicted octanol–water partition coefficient (Wildman–Crippen LogP) is -0.349. The Kier molecular flexibility index (Phi) is 2.59. The first-order chi connectivity index (χ1) is 7.58. The van der Waals surface area contributed by atoms with Crippen LogP contribution in [-0.2, 0) is 9.47 Å². The van der Waals surface area contributed by atoms with Gasteiger partial charge in [-0.25, -0.2) is 9.59 Å². The normalized spacial score (nSPS) is 16.4.